The second-order valence-corrected chi connectivity index (χ2v) is 3.87. The SMILES string of the molecule is Cc1noc(C)c1CN(C)C(=O)CCCl. The molecule has 0 atom stereocenters. The minimum Gasteiger partial charge on any atom is -0.361 e. The molecule has 0 N–H and O–H groups in total. The third-order valence-electron chi connectivity index (χ3n) is 2.31. The van der Waals surface area contributed by atoms with Crippen molar-refractivity contribution in [3.63, 3.8) is 0 Å². The van der Waals surface area contributed by atoms with Gasteiger partial charge >= 0.3 is 0 Å². The van der Waals surface area contributed by atoms with E-state index in [1.165, 1.54) is 0 Å². The molecule has 1 heterocycles. The molecule has 0 aliphatic rings. The predicted molar refractivity (Wildman–Crippen MR) is 57.8 cm³/mol. The van der Waals surface area contributed by atoms with Crippen LogP contribution in [0.1, 0.15) is 23.4 Å². The number of nitrogens with zero attached hydrogens (tertiary/aromatic N) is 2. The summed E-state index contributed by atoms with van der Waals surface area (Å²) in [6, 6.07) is 0. The average Bonchev–Trinajstić information content (AvgIpc) is 2.49. The summed E-state index contributed by atoms with van der Waals surface area (Å²) in [7, 11) is 1.75. The Bertz CT molecular complexity index is 330. The van der Waals surface area contributed by atoms with Gasteiger partial charge < -0.3 is 9.42 Å². The number of carbonyl (C=O) groups excluding carboxylic acids is 1. The number of hydrogen-bond acceptors (Lipinski definition) is 3. The van der Waals surface area contributed by atoms with Gasteiger partial charge in [0.25, 0.3) is 0 Å². The Morgan fingerprint density at radius 1 is 1.53 bits per heavy atom. The number of rotatable bonds is 4. The molecule has 1 aromatic rings. The zero-order valence-corrected chi connectivity index (χ0v) is 9.97. The molecule has 0 aromatic carbocycles. The highest BCUT2D eigenvalue weighted by Crippen LogP contribution is 2.14. The van der Waals surface area contributed by atoms with E-state index in [4.69, 9.17) is 16.1 Å². The van der Waals surface area contributed by atoms with Crippen LogP contribution in [-0.4, -0.2) is 28.9 Å². The van der Waals surface area contributed by atoms with Gasteiger partial charge in [0, 0.05) is 24.9 Å². The predicted octanol–water partition coefficient (Wildman–Crippen LogP) is 1.88. The van der Waals surface area contributed by atoms with Crippen molar-refractivity contribution in [2.24, 2.45) is 0 Å². The van der Waals surface area contributed by atoms with Gasteiger partial charge in [0.2, 0.25) is 5.91 Å². The quantitative estimate of drug-likeness (QED) is 0.742. The maximum Gasteiger partial charge on any atom is 0.223 e. The molecular formula is C10H15ClN2O2. The number of carbonyl (C=O) groups is 1. The molecule has 1 aromatic heterocycles. The van der Waals surface area contributed by atoms with Crippen LogP contribution in [-0.2, 0) is 11.3 Å². The van der Waals surface area contributed by atoms with Crippen molar-refractivity contribution in [2.75, 3.05) is 12.9 Å². The van der Waals surface area contributed by atoms with Crippen molar-refractivity contribution >= 4 is 17.5 Å². The Morgan fingerprint density at radius 2 is 2.20 bits per heavy atom. The molecule has 4 nitrogen and oxygen atoms in total. The second kappa shape index (κ2) is 5.16. The normalized spacial score (nSPS) is 10.4. The van der Waals surface area contributed by atoms with Crippen LogP contribution in [0.25, 0.3) is 0 Å². The monoisotopic (exact) mass is 230 g/mol. The molecule has 0 saturated heterocycles. The van der Waals surface area contributed by atoms with Gasteiger partial charge in [0.15, 0.2) is 0 Å². The van der Waals surface area contributed by atoms with E-state index in [0.717, 1.165) is 17.0 Å². The number of aryl methyl sites for hydroxylation is 2. The van der Waals surface area contributed by atoms with Crippen molar-refractivity contribution in [1.82, 2.24) is 10.1 Å². The van der Waals surface area contributed by atoms with E-state index in [1.807, 2.05) is 13.8 Å². The molecule has 0 radical (unpaired) electrons. The molecule has 0 unspecified atom stereocenters. The summed E-state index contributed by atoms with van der Waals surface area (Å²) in [6.07, 6.45) is 0.363. The topological polar surface area (TPSA) is 46.3 Å². The molecule has 0 aliphatic carbocycles. The van der Waals surface area contributed by atoms with Crippen LogP contribution in [0.3, 0.4) is 0 Å². The Labute approximate surface area is 94.2 Å². The van der Waals surface area contributed by atoms with E-state index in [1.54, 1.807) is 11.9 Å². The zero-order chi connectivity index (χ0) is 11.4. The van der Waals surface area contributed by atoms with Gasteiger partial charge in [-0.3, -0.25) is 4.79 Å². The maximum atomic E-state index is 11.5. The summed E-state index contributed by atoms with van der Waals surface area (Å²) < 4.78 is 5.02. The fourth-order valence-electron chi connectivity index (χ4n) is 1.32. The average molecular weight is 231 g/mol. The molecule has 5 heteroatoms. The molecular weight excluding hydrogens is 216 g/mol. The molecule has 0 fully saturated rings. The Morgan fingerprint density at radius 3 is 2.67 bits per heavy atom. The lowest BCUT2D eigenvalue weighted by Gasteiger charge is -2.16. The van der Waals surface area contributed by atoms with E-state index in [-0.39, 0.29) is 5.91 Å². The maximum absolute atomic E-state index is 11.5. The lowest BCUT2D eigenvalue weighted by molar-refractivity contribution is -0.129. The third-order valence-corrected chi connectivity index (χ3v) is 2.50. The summed E-state index contributed by atoms with van der Waals surface area (Å²) >= 11 is 5.51. The first-order valence-electron chi connectivity index (χ1n) is 4.78. The molecule has 15 heavy (non-hydrogen) atoms. The van der Waals surface area contributed by atoms with Crippen LogP contribution in [0.15, 0.2) is 4.52 Å². The molecule has 84 valence electrons. The minimum absolute atomic E-state index is 0.0324. The van der Waals surface area contributed by atoms with E-state index >= 15 is 0 Å². The van der Waals surface area contributed by atoms with Crippen molar-refractivity contribution in [3.8, 4) is 0 Å². The molecule has 1 rings (SSSR count). The Hall–Kier alpha value is -1.03. The van der Waals surface area contributed by atoms with Crippen molar-refractivity contribution in [1.29, 1.82) is 0 Å². The number of halogens is 1. The first kappa shape index (κ1) is 12.0. The fraction of sp³-hybridized carbons (Fsp3) is 0.600. The fourth-order valence-corrected chi connectivity index (χ4v) is 1.49. The number of alkyl halides is 1. The highest BCUT2D eigenvalue weighted by molar-refractivity contribution is 6.18. The van der Waals surface area contributed by atoms with Gasteiger partial charge in [-0.25, -0.2) is 0 Å². The molecule has 0 bridgehead atoms. The largest absolute Gasteiger partial charge is 0.361 e. The standard InChI is InChI=1S/C10H15ClN2O2/c1-7-9(8(2)15-12-7)6-13(3)10(14)4-5-11/h4-6H2,1-3H3. The third kappa shape index (κ3) is 2.96. The summed E-state index contributed by atoms with van der Waals surface area (Å²) in [5, 5.41) is 3.84. The summed E-state index contributed by atoms with van der Waals surface area (Å²) in [6.45, 7) is 4.23. The Kier molecular flexibility index (Phi) is 4.15. The van der Waals surface area contributed by atoms with Gasteiger partial charge in [0.1, 0.15) is 5.76 Å². The number of amides is 1. The number of aromatic nitrogens is 1. The van der Waals surface area contributed by atoms with Gasteiger partial charge in [-0.2, -0.15) is 0 Å². The summed E-state index contributed by atoms with van der Waals surface area (Å²) in [5.74, 6) is 1.15. The van der Waals surface area contributed by atoms with E-state index in [2.05, 4.69) is 5.16 Å². The van der Waals surface area contributed by atoms with Crippen LogP contribution < -0.4 is 0 Å². The van der Waals surface area contributed by atoms with E-state index < -0.39 is 0 Å². The van der Waals surface area contributed by atoms with Gasteiger partial charge in [-0.15, -0.1) is 11.6 Å². The second-order valence-electron chi connectivity index (χ2n) is 3.49. The Balaban J connectivity index is 2.66. The van der Waals surface area contributed by atoms with Crippen LogP contribution in [0.5, 0.6) is 0 Å². The number of hydrogen-bond donors (Lipinski definition) is 0. The van der Waals surface area contributed by atoms with Crippen molar-refractivity contribution < 1.29 is 9.32 Å². The molecule has 0 aliphatic heterocycles. The highest BCUT2D eigenvalue weighted by atomic mass is 35.5. The van der Waals surface area contributed by atoms with E-state index in [9.17, 15) is 4.79 Å². The molecule has 0 spiro atoms. The molecule has 1 amide bonds. The van der Waals surface area contributed by atoms with Crippen LogP contribution in [0.4, 0.5) is 0 Å². The van der Waals surface area contributed by atoms with Crippen molar-refractivity contribution in [3.05, 3.63) is 17.0 Å². The van der Waals surface area contributed by atoms with E-state index in [0.29, 0.717) is 18.8 Å². The molecule has 0 saturated carbocycles. The minimum atomic E-state index is 0.0324. The van der Waals surface area contributed by atoms with Crippen LogP contribution >= 0.6 is 11.6 Å². The lowest BCUT2D eigenvalue weighted by Crippen LogP contribution is -2.26. The zero-order valence-electron chi connectivity index (χ0n) is 9.21. The van der Waals surface area contributed by atoms with Crippen molar-refractivity contribution in [2.45, 2.75) is 26.8 Å². The summed E-state index contributed by atoms with van der Waals surface area (Å²) in [4.78, 5) is 13.1. The first-order valence-corrected chi connectivity index (χ1v) is 5.31. The van der Waals surface area contributed by atoms with Gasteiger partial charge in [-0.05, 0) is 13.8 Å². The first-order chi connectivity index (χ1) is 7.06. The van der Waals surface area contributed by atoms with Crippen LogP contribution in [0.2, 0.25) is 0 Å². The summed E-state index contributed by atoms with van der Waals surface area (Å²) in [5.41, 5.74) is 1.80. The lowest BCUT2D eigenvalue weighted by atomic mass is 10.2. The van der Waals surface area contributed by atoms with Gasteiger partial charge in [0.05, 0.1) is 12.2 Å². The van der Waals surface area contributed by atoms with Crippen LogP contribution in [0, 0.1) is 13.8 Å². The van der Waals surface area contributed by atoms with Gasteiger partial charge in [-0.1, -0.05) is 5.16 Å². The highest BCUT2D eigenvalue weighted by Gasteiger charge is 2.14. The smallest absolute Gasteiger partial charge is 0.223 e.